The fourth-order valence-corrected chi connectivity index (χ4v) is 5.25. The fraction of sp³-hybridized carbons (Fsp3) is 0.632. The lowest BCUT2D eigenvalue weighted by Gasteiger charge is -2.32. The van der Waals surface area contributed by atoms with Gasteiger partial charge in [-0.1, -0.05) is 0 Å². The van der Waals surface area contributed by atoms with Gasteiger partial charge in [-0.25, -0.2) is 8.42 Å². The summed E-state index contributed by atoms with van der Waals surface area (Å²) in [4.78, 5) is 14.8. The van der Waals surface area contributed by atoms with Crippen LogP contribution in [0.4, 0.5) is 30.2 Å². The van der Waals surface area contributed by atoms with Crippen molar-refractivity contribution in [2.75, 3.05) is 47.6 Å². The summed E-state index contributed by atoms with van der Waals surface area (Å²) in [6, 6.07) is 2.90. The van der Waals surface area contributed by atoms with Crippen LogP contribution in [0.3, 0.4) is 0 Å². The SMILES string of the molecule is CNc1cc(N2CCS(=O)(=O)CC2)c(C(=O)N[C@H]2CC[C@H](C(F)(F)F)CC2)cc1N. The molecule has 30 heavy (non-hydrogen) atoms. The number of sulfone groups is 1. The molecule has 0 spiro atoms. The molecule has 3 rings (SSSR count). The molecule has 0 bridgehead atoms. The molecule has 1 aliphatic heterocycles. The highest BCUT2D eigenvalue weighted by Gasteiger charge is 2.41. The number of alkyl halides is 3. The van der Waals surface area contributed by atoms with Gasteiger partial charge in [0.25, 0.3) is 5.91 Å². The van der Waals surface area contributed by atoms with Crippen LogP contribution in [0.2, 0.25) is 0 Å². The van der Waals surface area contributed by atoms with E-state index in [1.807, 2.05) is 4.90 Å². The first-order valence-corrected chi connectivity index (χ1v) is 11.8. The summed E-state index contributed by atoms with van der Waals surface area (Å²) in [6.45, 7) is 0.513. The largest absolute Gasteiger partial charge is 0.397 e. The number of amides is 1. The van der Waals surface area contributed by atoms with E-state index in [0.717, 1.165) is 0 Å². The zero-order chi connectivity index (χ0) is 22.1. The van der Waals surface area contributed by atoms with Crippen molar-refractivity contribution in [1.29, 1.82) is 0 Å². The van der Waals surface area contributed by atoms with Gasteiger partial charge in [-0.2, -0.15) is 13.2 Å². The van der Waals surface area contributed by atoms with E-state index in [1.165, 1.54) is 6.07 Å². The van der Waals surface area contributed by atoms with Crippen molar-refractivity contribution in [1.82, 2.24) is 5.32 Å². The Kier molecular flexibility index (Phi) is 6.40. The molecule has 0 unspecified atom stereocenters. The van der Waals surface area contributed by atoms with Crippen molar-refractivity contribution in [2.24, 2.45) is 5.92 Å². The van der Waals surface area contributed by atoms with E-state index in [4.69, 9.17) is 5.73 Å². The average molecular weight is 449 g/mol. The average Bonchev–Trinajstić information content (AvgIpc) is 2.67. The highest BCUT2D eigenvalue weighted by molar-refractivity contribution is 7.91. The first-order valence-electron chi connectivity index (χ1n) is 9.94. The van der Waals surface area contributed by atoms with Gasteiger partial charge in [0.15, 0.2) is 9.84 Å². The molecule has 1 saturated heterocycles. The summed E-state index contributed by atoms with van der Waals surface area (Å²) in [5.41, 5.74) is 7.85. The van der Waals surface area contributed by atoms with Gasteiger partial charge >= 0.3 is 6.18 Å². The number of anilines is 3. The predicted molar refractivity (Wildman–Crippen MR) is 111 cm³/mol. The number of halogens is 3. The fourth-order valence-electron chi connectivity index (χ4n) is 4.05. The van der Waals surface area contributed by atoms with Gasteiger partial charge in [0, 0.05) is 26.2 Å². The Balaban J connectivity index is 1.77. The lowest BCUT2D eigenvalue weighted by molar-refractivity contribution is -0.182. The van der Waals surface area contributed by atoms with Crippen LogP contribution in [0, 0.1) is 5.92 Å². The zero-order valence-electron chi connectivity index (χ0n) is 16.8. The third kappa shape index (κ3) is 5.11. The molecule has 168 valence electrons. The van der Waals surface area contributed by atoms with Crippen LogP contribution in [0.5, 0.6) is 0 Å². The summed E-state index contributed by atoms with van der Waals surface area (Å²) in [5.74, 6) is -1.74. The van der Waals surface area contributed by atoms with Crippen molar-refractivity contribution in [3.05, 3.63) is 17.7 Å². The molecule has 7 nitrogen and oxygen atoms in total. The number of hydrogen-bond donors (Lipinski definition) is 3. The molecular formula is C19H27F3N4O3S. The summed E-state index contributed by atoms with van der Waals surface area (Å²) in [7, 11) is -1.41. The maximum absolute atomic E-state index is 13.0. The van der Waals surface area contributed by atoms with Crippen molar-refractivity contribution >= 4 is 32.8 Å². The van der Waals surface area contributed by atoms with E-state index in [0.29, 0.717) is 22.6 Å². The van der Waals surface area contributed by atoms with Gasteiger partial charge in [0.2, 0.25) is 0 Å². The summed E-state index contributed by atoms with van der Waals surface area (Å²) < 4.78 is 62.1. The Hall–Kier alpha value is -2.17. The molecule has 11 heteroatoms. The van der Waals surface area contributed by atoms with E-state index in [-0.39, 0.29) is 56.3 Å². The van der Waals surface area contributed by atoms with E-state index < -0.39 is 27.8 Å². The minimum Gasteiger partial charge on any atom is -0.397 e. The second-order valence-electron chi connectivity index (χ2n) is 7.91. The number of nitrogens with two attached hydrogens (primary N) is 1. The standard InChI is InChI=1S/C19H27F3N4O3S/c1-24-16-11-17(26-6-8-30(28,29)9-7-26)14(10-15(16)23)18(27)25-13-4-2-12(3-5-13)19(20,21)22/h10-13,24H,2-9,23H2,1H3,(H,25,27)/t12-,13-. The van der Waals surface area contributed by atoms with Crippen LogP contribution < -0.4 is 21.3 Å². The molecule has 0 atom stereocenters. The lowest BCUT2D eigenvalue weighted by Crippen LogP contribution is -2.43. The Labute approximate surface area is 174 Å². The third-order valence-electron chi connectivity index (χ3n) is 5.89. The molecule has 1 aromatic carbocycles. The number of carbonyl (C=O) groups excluding carboxylic acids is 1. The minimum atomic E-state index is -4.20. The van der Waals surface area contributed by atoms with Gasteiger partial charge < -0.3 is 21.3 Å². The Morgan fingerprint density at radius 1 is 1.13 bits per heavy atom. The van der Waals surface area contributed by atoms with Crippen LogP contribution in [0.25, 0.3) is 0 Å². The van der Waals surface area contributed by atoms with Gasteiger partial charge in [-0.05, 0) is 37.8 Å². The Morgan fingerprint density at radius 2 is 1.73 bits per heavy atom. The molecule has 0 aromatic heterocycles. The maximum atomic E-state index is 13.0. The Bertz CT molecular complexity index is 883. The predicted octanol–water partition coefficient (Wildman–Crippen LogP) is 2.40. The Morgan fingerprint density at radius 3 is 2.27 bits per heavy atom. The van der Waals surface area contributed by atoms with Gasteiger partial charge in [0.1, 0.15) is 0 Å². The van der Waals surface area contributed by atoms with E-state index in [2.05, 4.69) is 10.6 Å². The molecule has 1 saturated carbocycles. The number of nitrogen functional groups attached to an aromatic ring is 1. The molecular weight excluding hydrogens is 421 g/mol. The number of hydrogen-bond acceptors (Lipinski definition) is 6. The number of nitrogens with one attached hydrogen (secondary N) is 2. The van der Waals surface area contributed by atoms with Crippen molar-refractivity contribution < 1.29 is 26.4 Å². The number of carbonyl (C=O) groups is 1. The topological polar surface area (TPSA) is 105 Å². The second kappa shape index (κ2) is 8.52. The van der Waals surface area contributed by atoms with Crippen LogP contribution in [-0.4, -0.2) is 58.2 Å². The number of nitrogens with zero attached hydrogens (tertiary/aromatic N) is 1. The monoisotopic (exact) mass is 448 g/mol. The summed E-state index contributed by atoms with van der Waals surface area (Å²) in [6.07, 6.45) is -3.69. The first-order chi connectivity index (χ1) is 14.0. The highest BCUT2D eigenvalue weighted by atomic mass is 32.2. The van der Waals surface area contributed by atoms with E-state index in [9.17, 15) is 26.4 Å². The second-order valence-corrected chi connectivity index (χ2v) is 10.2. The van der Waals surface area contributed by atoms with Gasteiger partial charge in [-0.3, -0.25) is 4.79 Å². The van der Waals surface area contributed by atoms with Gasteiger partial charge in [-0.15, -0.1) is 0 Å². The van der Waals surface area contributed by atoms with Crippen molar-refractivity contribution in [3.8, 4) is 0 Å². The van der Waals surface area contributed by atoms with Crippen LogP contribution in [0.15, 0.2) is 12.1 Å². The van der Waals surface area contributed by atoms with E-state index >= 15 is 0 Å². The number of benzene rings is 1. The quantitative estimate of drug-likeness (QED) is 0.611. The molecule has 0 radical (unpaired) electrons. The maximum Gasteiger partial charge on any atom is 0.391 e. The summed E-state index contributed by atoms with van der Waals surface area (Å²) >= 11 is 0. The molecule has 4 N–H and O–H groups in total. The molecule has 1 aliphatic carbocycles. The van der Waals surface area contributed by atoms with Crippen molar-refractivity contribution in [3.63, 3.8) is 0 Å². The molecule has 1 amide bonds. The van der Waals surface area contributed by atoms with Crippen LogP contribution in [0.1, 0.15) is 36.0 Å². The van der Waals surface area contributed by atoms with Crippen LogP contribution in [-0.2, 0) is 9.84 Å². The highest BCUT2D eigenvalue weighted by Crippen LogP contribution is 2.38. The van der Waals surface area contributed by atoms with Crippen LogP contribution >= 0.6 is 0 Å². The van der Waals surface area contributed by atoms with Gasteiger partial charge in [0.05, 0.1) is 40.0 Å². The molecule has 1 heterocycles. The smallest absolute Gasteiger partial charge is 0.391 e. The van der Waals surface area contributed by atoms with E-state index in [1.54, 1.807) is 13.1 Å². The first kappa shape index (κ1) is 22.5. The zero-order valence-corrected chi connectivity index (χ0v) is 17.6. The summed E-state index contributed by atoms with van der Waals surface area (Å²) in [5, 5.41) is 5.79. The lowest BCUT2D eigenvalue weighted by atomic mass is 9.85. The minimum absolute atomic E-state index is 0.00518. The van der Waals surface area contributed by atoms with Crippen molar-refractivity contribution in [2.45, 2.75) is 37.9 Å². The molecule has 1 aromatic rings. The third-order valence-corrected chi connectivity index (χ3v) is 7.50. The number of rotatable bonds is 4. The normalized spacial score (nSPS) is 24.3. The molecule has 2 fully saturated rings. The molecule has 2 aliphatic rings.